The van der Waals surface area contributed by atoms with Crippen LogP contribution in [-0.2, 0) is 0 Å². The van der Waals surface area contributed by atoms with Gasteiger partial charge in [-0.1, -0.05) is 25.3 Å². The van der Waals surface area contributed by atoms with Gasteiger partial charge < -0.3 is 10.5 Å². The number of ether oxygens (including phenoxy) is 1. The van der Waals surface area contributed by atoms with Crippen molar-refractivity contribution < 1.29 is 13.5 Å². The number of anilines is 1. The monoisotopic (exact) mass is 421 g/mol. The first-order chi connectivity index (χ1) is 15.1. The third-order valence-electron chi connectivity index (χ3n) is 5.67. The lowest BCUT2D eigenvalue weighted by Gasteiger charge is -2.22. The number of rotatable bonds is 4. The van der Waals surface area contributed by atoms with Crippen LogP contribution in [-0.4, -0.2) is 19.7 Å². The second-order valence-electron chi connectivity index (χ2n) is 7.74. The topological polar surface area (TPSA) is 78.8 Å². The van der Waals surface area contributed by atoms with Gasteiger partial charge in [0.25, 0.3) is 0 Å². The molecule has 1 fully saturated rings. The van der Waals surface area contributed by atoms with Gasteiger partial charge in [-0.15, -0.1) is 0 Å². The molecule has 1 aliphatic rings. The fraction of sp³-hybridized carbons (Fsp3) is 0.261. The van der Waals surface area contributed by atoms with Crippen molar-refractivity contribution in [2.45, 2.75) is 38.1 Å². The van der Waals surface area contributed by atoms with E-state index in [0.29, 0.717) is 16.7 Å². The Kier molecular flexibility index (Phi) is 4.97. The molecular weight excluding hydrogens is 400 g/mol. The van der Waals surface area contributed by atoms with E-state index in [-0.39, 0.29) is 28.9 Å². The first-order valence-corrected chi connectivity index (χ1v) is 10.3. The molecule has 0 radical (unpaired) electrons. The van der Waals surface area contributed by atoms with Crippen molar-refractivity contribution in [1.82, 2.24) is 19.7 Å². The Labute approximate surface area is 177 Å². The maximum Gasteiger partial charge on any atom is 0.164 e. The lowest BCUT2D eigenvalue weighted by Crippen LogP contribution is -2.14. The highest BCUT2D eigenvalue weighted by Crippen LogP contribution is 2.37. The SMILES string of the molecule is Nc1ncnc2c1c(-c1ccc(Oc3cccc(F)c3)cc1F)nn2C1CCCCC1. The predicted molar refractivity (Wildman–Crippen MR) is 114 cm³/mol. The van der Waals surface area contributed by atoms with E-state index < -0.39 is 11.6 Å². The summed E-state index contributed by atoms with van der Waals surface area (Å²) < 4.78 is 36.0. The lowest BCUT2D eigenvalue weighted by atomic mass is 9.96. The van der Waals surface area contributed by atoms with Crippen LogP contribution in [0.2, 0.25) is 0 Å². The molecule has 2 N–H and O–H groups in total. The van der Waals surface area contributed by atoms with E-state index in [9.17, 15) is 4.39 Å². The van der Waals surface area contributed by atoms with E-state index in [2.05, 4.69) is 9.97 Å². The van der Waals surface area contributed by atoms with Crippen molar-refractivity contribution in [3.63, 3.8) is 0 Å². The van der Waals surface area contributed by atoms with Crippen LogP contribution >= 0.6 is 0 Å². The zero-order chi connectivity index (χ0) is 21.4. The average Bonchev–Trinajstić information content (AvgIpc) is 3.15. The zero-order valence-corrected chi connectivity index (χ0v) is 16.8. The number of aromatic nitrogens is 4. The molecule has 5 rings (SSSR count). The summed E-state index contributed by atoms with van der Waals surface area (Å²) in [6, 6.07) is 10.4. The lowest BCUT2D eigenvalue weighted by molar-refractivity contribution is 0.336. The first-order valence-electron chi connectivity index (χ1n) is 10.3. The van der Waals surface area contributed by atoms with Crippen LogP contribution in [0.25, 0.3) is 22.3 Å². The first kappa shape index (κ1) is 19.4. The van der Waals surface area contributed by atoms with Crippen molar-refractivity contribution in [2.24, 2.45) is 0 Å². The number of hydrogen-bond acceptors (Lipinski definition) is 5. The summed E-state index contributed by atoms with van der Waals surface area (Å²) in [7, 11) is 0. The summed E-state index contributed by atoms with van der Waals surface area (Å²) in [5, 5.41) is 5.28. The molecule has 0 bridgehead atoms. The number of nitrogens with two attached hydrogens (primary N) is 1. The quantitative estimate of drug-likeness (QED) is 0.461. The van der Waals surface area contributed by atoms with E-state index >= 15 is 4.39 Å². The average molecular weight is 421 g/mol. The van der Waals surface area contributed by atoms with Crippen LogP contribution in [0.1, 0.15) is 38.1 Å². The zero-order valence-electron chi connectivity index (χ0n) is 16.8. The van der Waals surface area contributed by atoms with Crippen LogP contribution in [0.5, 0.6) is 11.5 Å². The molecule has 158 valence electrons. The van der Waals surface area contributed by atoms with Crippen molar-refractivity contribution in [3.8, 4) is 22.8 Å². The molecule has 4 aromatic rings. The van der Waals surface area contributed by atoms with Crippen LogP contribution in [0.4, 0.5) is 14.6 Å². The number of nitrogens with zero attached hydrogens (tertiary/aromatic N) is 4. The second-order valence-corrected chi connectivity index (χ2v) is 7.74. The molecule has 0 unspecified atom stereocenters. The van der Waals surface area contributed by atoms with Crippen LogP contribution in [0.3, 0.4) is 0 Å². The number of nitrogen functional groups attached to an aromatic ring is 1. The minimum Gasteiger partial charge on any atom is -0.457 e. The van der Waals surface area contributed by atoms with Gasteiger partial charge in [0, 0.05) is 17.7 Å². The fourth-order valence-electron chi connectivity index (χ4n) is 4.18. The highest BCUT2D eigenvalue weighted by Gasteiger charge is 2.25. The number of benzene rings is 2. The van der Waals surface area contributed by atoms with Gasteiger partial charge in [-0.3, -0.25) is 0 Å². The fourth-order valence-corrected chi connectivity index (χ4v) is 4.18. The minimum atomic E-state index is -0.521. The van der Waals surface area contributed by atoms with Crippen molar-refractivity contribution in [1.29, 1.82) is 0 Å². The summed E-state index contributed by atoms with van der Waals surface area (Å²) in [6.45, 7) is 0. The molecule has 1 saturated carbocycles. The van der Waals surface area contributed by atoms with E-state index in [1.165, 1.54) is 37.0 Å². The molecule has 2 heterocycles. The van der Waals surface area contributed by atoms with E-state index in [1.807, 2.05) is 4.68 Å². The summed E-state index contributed by atoms with van der Waals surface area (Å²) >= 11 is 0. The van der Waals surface area contributed by atoms with Gasteiger partial charge in [0.15, 0.2) is 5.65 Å². The Morgan fingerprint density at radius 2 is 1.77 bits per heavy atom. The number of hydrogen-bond donors (Lipinski definition) is 1. The third kappa shape index (κ3) is 3.69. The highest BCUT2D eigenvalue weighted by molar-refractivity contribution is 5.98. The van der Waals surface area contributed by atoms with E-state index in [1.54, 1.807) is 18.2 Å². The molecule has 0 aliphatic heterocycles. The number of fused-ring (bicyclic) bond motifs is 1. The van der Waals surface area contributed by atoms with Gasteiger partial charge in [-0.2, -0.15) is 5.10 Å². The van der Waals surface area contributed by atoms with Crippen LogP contribution in [0.15, 0.2) is 48.8 Å². The molecule has 31 heavy (non-hydrogen) atoms. The molecule has 0 atom stereocenters. The Bertz CT molecular complexity index is 1250. The van der Waals surface area contributed by atoms with Gasteiger partial charge in [0.05, 0.1) is 11.4 Å². The van der Waals surface area contributed by atoms with Crippen LogP contribution < -0.4 is 10.5 Å². The maximum atomic E-state index is 15.1. The molecule has 2 aromatic carbocycles. The highest BCUT2D eigenvalue weighted by atomic mass is 19.1. The summed E-state index contributed by atoms with van der Waals surface area (Å²) in [5.74, 6) is -0.136. The standard InChI is InChI=1S/C23H21F2N5O/c24-14-5-4-8-16(11-14)31-17-9-10-18(19(25)12-17)21-20-22(26)27-13-28-23(20)30(29-21)15-6-2-1-3-7-15/h4-5,8-13,15H,1-3,6-7H2,(H2,26,27,28). The minimum absolute atomic E-state index is 0.206. The van der Waals surface area contributed by atoms with E-state index in [0.717, 1.165) is 25.7 Å². The Morgan fingerprint density at radius 1 is 0.968 bits per heavy atom. The van der Waals surface area contributed by atoms with Crippen LogP contribution in [0, 0.1) is 11.6 Å². The Morgan fingerprint density at radius 3 is 2.55 bits per heavy atom. The molecule has 0 spiro atoms. The van der Waals surface area contributed by atoms with Gasteiger partial charge in [-0.25, -0.2) is 23.4 Å². The second kappa shape index (κ2) is 7.94. The maximum absolute atomic E-state index is 15.1. The van der Waals surface area contributed by atoms with E-state index in [4.69, 9.17) is 15.6 Å². The van der Waals surface area contributed by atoms with Gasteiger partial charge in [0.1, 0.15) is 41.0 Å². The predicted octanol–water partition coefficient (Wildman–Crippen LogP) is 5.65. The molecule has 0 saturated heterocycles. The van der Waals surface area contributed by atoms with Gasteiger partial charge in [-0.05, 0) is 37.1 Å². The van der Waals surface area contributed by atoms with Crippen molar-refractivity contribution >= 4 is 16.9 Å². The smallest absolute Gasteiger partial charge is 0.164 e. The molecule has 2 aromatic heterocycles. The van der Waals surface area contributed by atoms with Gasteiger partial charge >= 0.3 is 0 Å². The van der Waals surface area contributed by atoms with Gasteiger partial charge in [0.2, 0.25) is 0 Å². The summed E-state index contributed by atoms with van der Waals surface area (Å²) in [4.78, 5) is 8.50. The van der Waals surface area contributed by atoms with Crippen molar-refractivity contribution in [3.05, 3.63) is 60.4 Å². The Balaban J connectivity index is 1.56. The summed E-state index contributed by atoms with van der Waals surface area (Å²) in [6.07, 6.45) is 6.88. The number of halogens is 2. The molecule has 1 aliphatic carbocycles. The normalized spacial score (nSPS) is 14.8. The molecule has 6 nitrogen and oxygen atoms in total. The third-order valence-corrected chi connectivity index (χ3v) is 5.67. The molecule has 0 amide bonds. The molecular formula is C23H21F2N5O. The van der Waals surface area contributed by atoms with Crippen molar-refractivity contribution in [2.75, 3.05) is 5.73 Å². The largest absolute Gasteiger partial charge is 0.457 e. The molecule has 8 heteroatoms. The Hall–Kier alpha value is -3.55. The summed E-state index contributed by atoms with van der Waals surface area (Å²) in [5.41, 5.74) is 7.46.